The summed E-state index contributed by atoms with van der Waals surface area (Å²) in [4.78, 5) is 29.7. The highest BCUT2D eigenvalue weighted by Gasteiger charge is 2.14. The molecule has 3 aromatic rings. The molecule has 164 valence electrons. The number of rotatable bonds is 9. The Morgan fingerprint density at radius 3 is 2.68 bits per heavy atom. The average Bonchev–Trinajstić information content (AvgIpc) is 3.15. The molecular formula is C22H27ClN6O2. The van der Waals surface area contributed by atoms with Crippen molar-refractivity contribution in [2.45, 2.75) is 46.4 Å². The predicted octanol–water partition coefficient (Wildman–Crippen LogP) is 1.99. The van der Waals surface area contributed by atoms with E-state index in [1.54, 1.807) is 19.3 Å². The van der Waals surface area contributed by atoms with Crippen LogP contribution in [0.25, 0.3) is 0 Å². The minimum Gasteiger partial charge on any atom is -0.352 e. The molecule has 0 saturated carbocycles. The van der Waals surface area contributed by atoms with Gasteiger partial charge in [-0.15, -0.1) is 0 Å². The van der Waals surface area contributed by atoms with E-state index in [1.165, 1.54) is 4.68 Å². The molecule has 31 heavy (non-hydrogen) atoms. The summed E-state index contributed by atoms with van der Waals surface area (Å²) in [6, 6.07) is 5.61. The summed E-state index contributed by atoms with van der Waals surface area (Å²) in [5.41, 5.74) is 2.91. The summed E-state index contributed by atoms with van der Waals surface area (Å²) in [6.45, 7) is 5.70. The lowest BCUT2D eigenvalue weighted by molar-refractivity contribution is -0.120. The molecule has 0 unspecified atom stereocenters. The monoisotopic (exact) mass is 442 g/mol. The molecule has 1 amide bonds. The zero-order chi connectivity index (χ0) is 22.4. The lowest BCUT2D eigenvalue weighted by atomic mass is 10.1. The number of hydrogen-bond acceptors (Lipinski definition) is 5. The normalized spacial score (nSPS) is 11.0. The number of imidazole rings is 1. The molecule has 0 bridgehead atoms. The molecule has 0 aliphatic carbocycles. The van der Waals surface area contributed by atoms with Gasteiger partial charge in [0.15, 0.2) is 0 Å². The van der Waals surface area contributed by atoms with Gasteiger partial charge in [0.05, 0.1) is 19.2 Å². The molecule has 9 heteroatoms. The summed E-state index contributed by atoms with van der Waals surface area (Å²) in [5, 5.41) is 10.9. The van der Waals surface area contributed by atoms with Gasteiger partial charge in [0.1, 0.15) is 5.82 Å². The Kier molecular flexibility index (Phi) is 7.59. The number of carbonyl (C=O) groups is 1. The molecule has 2 N–H and O–H groups in total. The molecule has 0 radical (unpaired) electrons. The van der Waals surface area contributed by atoms with Crippen molar-refractivity contribution in [1.29, 1.82) is 0 Å². The van der Waals surface area contributed by atoms with Gasteiger partial charge in [0.2, 0.25) is 5.91 Å². The van der Waals surface area contributed by atoms with Gasteiger partial charge in [-0.1, -0.05) is 17.7 Å². The molecule has 8 nitrogen and oxygen atoms in total. The Morgan fingerprint density at radius 2 is 1.97 bits per heavy atom. The van der Waals surface area contributed by atoms with Gasteiger partial charge in [0.25, 0.3) is 5.56 Å². The van der Waals surface area contributed by atoms with Crippen molar-refractivity contribution in [1.82, 2.24) is 30.0 Å². The number of halogens is 1. The van der Waals surface area contributed by atoms with Crippen LogP contribution in [0.15, 0.2) is 41.6 Å². The molecule has 1 aromatic carbocycles. The minimum atomic E-state index is -0.244. The van der Waals surface area contributed by atoms with Gasteiger partial charge in [0, 0.05) is 42.6 Å². The third-order valence-electron chi connectivity index (χ3n) is 5.18. The second kappa shape index (κ2) is 10.4. The number of benzene rings is 1. The van der Waals surface area contributed by atoms with Gasteiger partial charge in [-0.05, 0) is 49.7 Å². The van der Waals surface area contributed by atoms with Crippen molar-refractivity contribution in [3.63, 3.8) is 0 Å². The number of amides is 1. The van der Waals surface area contributed by atoms with E-state index in [2.05, 4.69) is 20.7 Å². The van der Waals surface area contributed by atoms with Crippen molar-refractivity contribution >= 4 is 17.5 Å². The second-order valence-corrected chi connectivity index (χ2v) is 7.84. The standard InChI is InChI=1S/C22H27ClN6O2/c1-15-12-27-29(9-8-28-7-6-25-16(28)2)22(31)20(15)11-21(30)26-14-18-10-19(23)5-4-17(18)13-24-3/h4-7,10,12,24H,8-9,11,13-14H2,1-3H3,(H,26,30). The summed E-state index contributed by atoms with van der Waals surface area (Å²) < 4.78 is 3.35. The number of nitrogens with one attached hydrogen (secondary N) is 2. The Bertz CT molecular complexity index is 1120. The van der Waals surface area contributed by atoms with E-state index in [1.807, 2.05) is 42.9 Å². The fourth-order valence-corrected chi connectivity index (χ4v) is 3.56. The first-order valence-electron chi connectivity index (χ1n) is 10.1. The quantitative estimate of drug-likeness (QED) is 0.528. The highest BCUT2D eigenvalue weighted by Crippen LogP contribution is 2.16. The summed E-state index contributed by atoms with van der Waals surface area (Å²) in [7, 11) is 1.86. The third kappa shape index (κ3) is 5.80. The summed E-state index contributed by atoms with van der Waals surface area (Å²) in [6.07, 6.45) is 5.21. The second-order valence-electron chi connectivity index (χ2n) is 7.40. The number of carbonyl (C=O) groups excluding carboxylic acids is 1. The SMILES string of the molecule is CNCc1ccc(Cl)cc1CNC(=O)Cc1c(C)cnn(CCn2ccnc2C)c1=O. The fraction of sp³-hybridized carbons (Fsp3) is 0.364. The number of aryl methyl sites for hydroxylation is 4. The Balaban J connectivity index is 1.68. The maximum absolute atomic E-state index is 12.9. The summed E-state index contributed by atoms with van der Waals surface area (Å²) in [5.74, 6) is 0.650. The van der Waals surface area contributed by atoms with Crippen LogP contribution in [-0.2, 0) is 37.4 Å². The first-order valence-corrected chi connectivity index (χ1v) is 10.5. The van der Waals surface area contributed by atoms with Crippen LogP contribution >= 0.6 is 11.6 Å². The van der Waals surface area contributed by atoms with Crippen LogP contribution in [0, 0.1) is 13.8 Å². The van der Waals surface area contributed by atoms with Crippen LogP contribution in [0.4, 0.5) is 0 Å². The molecule has 0 aliphatic rings. The van der Waals surface area contributed by atoms with E-state index in [4.69, 9.17) is 11.6 Å². The Labute approximate surface area is 186 Å². The Hall–Kier alpha value is -2.97. The number of aromatic nitrogens is 4. The number of nitrogens with zero attached hydrogens (tertiary/aromatic N) is 4. The largest absolute Gasteiger partial charge is 0.352 e. The van der Waals surface area contributed by atoms with E-state index in [9.17, 15) is 9.59 Å². The van der Waals surface area contributed by atoms with E-state index in [0.717, 1.165) is 17.0 Å². The third-order valence-corrected chi connectivity index (χ3v) is 5.42. The smallest absolute Gasteiger partial charge is 0.270 e. The predicted molar refractivity (Wildman–Crippen MR) is 120 cm³/mol. The van der Waals surface area contributed by atoms with Crippen LogP contribution in [0.3, 0.4) is 0 Å². The van der Waals surface area contributed by atoms with Gasteiger partial charge in [-0.2, -0.15) is 5.10 Å². The average molecular weight is 443 g/mol. The fourth-order valence-electron chi connectivity index (χ4n) is 3.37. The topological polar surface area (TPSA) is 93.8 Å². The molecule has 0 aliphatic heterocycles. The Morgan fingerprint density at radius 1 is 1.16 bits per heavy atom. The molecule has 2 aromatic heterocycles. The first-order chi connectivity index (χ1) is 14.9. The molecular weight excluding hydrogens is 416 g/mol. The maximum atomic E-state index is 12.9. The van der Waals surface area contributed by atoms with E-state index < -0.39 is 0 Å². The molecule has 0 atom stereocenters. The minimum absolute atomic E-state index is 0.000777. The van der Waals surface area contributed by atoms with Crippen molar-refractivity contribution in [3.8, 4) is 0 Å². The molecule has 0 fully saturated rings. The molecule has 0 spiro atoms. The molecule has 3 rings (SSSR count). The van der Waals surface area contributed by atoms with Crippen LogP contribution in [-0.4, -0.2) is 32.3 Å². The zero-order valence-electron chi connectivity index (χ0n) is 18.0. The van der Waals surface area contributed by atoms with E-state index in [-0.39, 0.29) is 17.9 Å². The first kappa shape index (κ1) is 22.7. The van der Waals surface area contributed by atoms with Gasteiger partial charge in [-0.25, -0.2) is 9.67 Å². The van der Waals surface area contributed by atoms with Crippen LogP contribution in [0.1, 0.15) is 28.1 Å². The lowest BCUT2D eigenvalue weighted by Crippen LogP contribution is -2.33. The van der Waals surface area contributed by atoms with Gasteiger partial charge in [-0.3, -0.25) is 9.59 Å². The van der Waals surface area contributed by atoms with Crippen molar-refractivity contribution in [2.75, 3.05) is 7.05 Å². The highest BCUT2D eigenvalue weighted by atomic mass is 35.5. The van der Waals surface area contributed by atoms with Gasteiger partial charge >= 0.3 is 0 Å². The van der Waals surface area contributed by atoms with Crippen LogP contribution in [0.5, 0.6) is 0 Å². The van der Waals surface area contributed by atoms with Gasteiger partial charge < -0.3 is 15.2 Å². The van der Waals surface area contributed by atoms with E-state index in [0.29, 0.717) is 42.3 Å². The maximum Gasteiger partial charge on any atom is 0.270 e. The van der Waals surface area contributed by atoms with Crippen LogP contribution in [0.2, 0.25) is 5.02 Å². The number of hydrogen-bond donors (Lipinski definition) is 2. The van der Waals surface area contributed by atoms with Crippen molar-refractivity contribution < 1.29 is 4.79 Å². The molecule has 2 heterocycles. The highest BCUT2D eigenvalue weighted by molar-refractivity contribution is 6.30. The molecule has 0 saturated heterocycles. The van der Waals surface area contributed by atoms with E-state index >= 15 is 0 Å². The van der Waals surface area contributed by atoms with Crippen molar-refractivity contribution in [3.05, 3.63) is 80.2 Å². The lowest BCUT2D eigenvalue weighted by Gasteiger charge is -2.13. The van der Waals surface area contributed by atoms with Crippen molar-refractivity contribution in [2.24, 2.45) is 0 Å². The summed E-state index contributed by atoms with van der Waals surface area (Å²) >= 11 is 6.11. The zero-order valence-corrected chi connectivity index (χ0v) is 18.7. The van der Waals surface area contributed by atoms with Crippen LogP contribution < -0.4 is 16.2 Å².